The van der Waals surface area contributed by atoms with Crippen molar-refractivity contribution in [2.45, 2.75) is 13.1 Å². The monoisotopic (exact) mass is 300 g/mol. The molecule has 1 aromatic heterocycles. The Bertz CT molecular complexity index is 756. The van der Waals surface area contributed by atoms with Gasteiger partial charge in [0.2, 0.25) is 0 Å². The van der Waals surface area contributed by atoms with E-state index in [0.29, 0.717) is 17.9 Å². The number of rotatable bonds is 5. The second-order valence-electron chi connectivity index (χ2n) is 4.88. The van der Waals surface area contributed by atoms with Gasteiger partial charge in [0.15, 0.2) is 5.82 Å². The first-order valence-electron chi connectivity index (χ1n) is 6.82. The molecule has 0 fully saturated rings. The lowest BCUT2D eigenvalue weighted by atomic mass is 10.2. The number of hydrogen-bond donors (Lipinski definition) is 1. The number of hydrogen-bond acceptors (Lipinski definition) is 3. The minimum Gasteiger partial charge on any atom is -0.363 e. The van der Waals surface area contributed by atoms with E-state index in [1.807, 2.05) is 30.3 Å². The molecule has 0 saturated carbocycles. The molecule has 0 bridgehead atoms. The Labute approximate surface area is 126 Å². The normalized spacial score (nSPS) is 10.6. The summed E-state index contributed by atoms with van der Waals surface area (Å²) in [4.78, 5) is 0. The molecule has 6 heteroatoms. The van der Waals surface area contributed by atoms with Gasteiger partial charge in [-0.05, 0) is 11.6 Å². The van der Waals surface area contributed by atoms with Crippen LogP contribution in [0.3, 0.4) is 0 Å². The van der Waals surface area contributed by atoms with Gasteiger partial charge in [0.25, 0.3) is 0 Å². The summed E-state index contributed by atoms with van der Waals surface area (Å²) < 4.78 is 28.1. The zero-order valence-corrected chi connectivity index (χ0v) is 11.7. The number of aromatic nitrogens is 3. The van der Waals surface area contributed by atoms with E-state index in [9.17, 15) is 8.78 Å². The quantitative estimate of drug-likeness (QED) is 0.787. The van der Waals surface area contributed by atoms with Gasteiger partial charge in [0.1, 0.15) is 11.6 Å². The fourth-order valence-electron chi connectivity index (χ4n) is 2.08. The van der Waals surface area contributed by atoms with Crippen LogP contribution in [0.15, 0.2) is 54.7 Å². The van der Waals surface area contributed by atoms with Crippen LogP contribution in [0.1, 0.15) is 11.1 Å². The van der Waals surface area contributed by atoms with Gasteiger partial charge >= 0.3 is 0 Å². The molecule has 0 amide bonds. The molecule has 4 nitrogen and oxygen atoms in total. The van der Waals surface area contributed by atoms with Gasteiger partial charge in [-0.25, -0.2) is 13.5 Å². The molecule has 0 radical (unpaired) electrons. The predicted octanol–water partition coefficient (Wildman–Crippen LogP) is 3.22. The number of benzene rings is 2. The Hall–Kier alpha value is -2.76. The molecular formula is C16H14F2N4. The highest BCUT2D eigenvalue weighted by atomic mass is 19.1. The molecule has 0 aliphatic rings. The molecule has 1 heterocycles. The molecule has 0 atom stereocenters. The average molecular weight is 300 g/mol. The number of nitrogens with one attached hydrogen (secondary N) is 1. The highest BCUT2D eigenvalue weighted by Gasteiger charge is 2.05. The van der Waals surface area contributed by atoms with Crippen LogP contribution in [0.2, 0.25) is 0 Å². The second-order valence-corrected chi connectivity index (χ2v) is 4.88. The fourth-order valence-corrected chi connectivity index (χ4v) is 2.08. The molecule has 0 unspecified atom stereocenters. The fraction of sp³-hybridized carbons (Fsp3) is 0.125. The predicted molar refractivity (Wildman–Crippen MR) is 79.3 cm³/mol. The first-order chi connectivity index (χ1) is 10.7. The molecule has 0 spiro atoms. The molecule has 0 aliphatic carbocycles. The Morgan fingerprint density at radius 1 is 1.05 bits per heavy atom. The smallest absolute Gasteiger partial charge is 0.168 e. The van der Waals surface area contributed by atoms with Crippen LogP contribution >= 0.6 is 0 Å². The maximum Gasteiger partial charge on any atom is 0.168 e. The Kier molecular flexibility index (Phi) is 4.09. The van der Waals surface area contributed by atoms with Crippen molar-refractivity contribution in [3.63, 3.8) is 0 Å². The van der Waals surface area contributed by atoms with E-state index in [1.54, 1.807) is 10.9 Å². The number of nitrogens with zero attached hydrogens (tertiary/aromatic N) is 3. The van der Waals surface area contributed by atoms with Crippen molar-refractivity contribution in [2.24, 2.45) is 0 Å². The van der Waals surface area contributed by atoms with Crippen molar-refractivity contribution in [3.05, 3.63) is 77.5 Å². The largest absolute Gasteiger partial charge is 0.363 e. The Morgan fingerprint density at radius 3 is 2.64 bits per heavy atom. The van der Waals surface area contributed by atoms with E-state index in [0.717, 1.165) is 11.6 Å². The summed E-state index contributed by atoms with van der Waals surface area (Å²) in [5.41, 5.74) is 1.49. The van der Waals surface area contributed by atoms with Crippen molar-refractivity contribution in [2.75, 3.05) is 5.32 Å². The molecular weight excluding hydrogens is 286 g/mol. The summed E-state index contributed by atoms with van der Waals surface area (Å²) in [6.07, 6.45) is 1.74. The topological polar surface area (TPSA) is 42.7 Å². The van der Waals surface area contributed by atoms with Crippen LogP contribution in [0.5, 0.6) is 0 Å². The third kappa shape index (κ3) is 3.46. The van der Waals surface area contributed by atoms with E-state index in [2.05, 4.69) is 15.6 Å². The van der Waals surface area contributed by atoms with Crippen molar-refractivity contribution >= 4 is 5.82 Å². The maximum atomic E-state index is 13.5. The molecule has 22 heavy (non-hydrogen) atoms. The zero-order valence-electron chi connectivity index (χ0n) is 11.7. The van der Waals surface area contributed by atoms with Crippen LogP contribution in [0.25, 0.3) is 0 Å². The summed E-state index contributed by atoms with van der Waals surface area (Å²) in [5, 5.41) is 11.0. The van der Waals surface area contributed by atoms with Gasteiger partial charge in [0, 0.05) is 18.2 Å². The number of anilines is 1. The Balaban J connectivity index is 1.62. The SMILES string of the molecule is Fc1ccc(CNc2cn(Cc3ccccc3)nn2)c(F)c1. The maximum absolute atomic E-state index is 13.5. The van der Waals surface area contributed by atoms with E-state index in [4.69, 9.17) is 0 Å². The summed E-state index contributed by atoms with van der Waals surface area (Å²) >= 11 is 0. The lowest BCUT2D eigenvalue weighted by Gasteiger charge is -2.04. The van der Waals surface area contributed by atoms with Crippen molar-refractivity contribution in [1.29, 1.82) is 0 Å². The van der Waals surface area contributed by atoms with Crippen LogP contribution in [-0.2, 0) is 13.1 Å². The van der Waals surface area contributed by atoms with E-state index in [1.165, 1.54) is 12.1 Å². The standard InChI is InChI=1S/C16H14F2N4/c17-14-7-6-13(15(18)8-14)9-19-16-11-22(21-20-16)10-12-4-2-1-3-5-12/h1-8,11,19H,9-10H2. The minimum atomic E-state index is -0.588. The highest BCUT2D eigenvalue weighted by Crippen LogP contribution is 2.12. The van der Waals surface area contributed by atoms with Crippen LogP contribution < -0.4 is 5.32 Å². The summed E-state index contributed by atoms with van der Waals surface area (Å²) in [6, 6.07) is 13.4. The van der Waals surface area contributed by atoms with Gasteiger partial charge in [-0.1, -0.05) is 41.6 Å². The van der Waals surface area contributed by atoms with E-state index >= 15 is 0 Å². The second kappa shape index (κ2) is 6.34. The van der Waals surface area contributed by atoms with Gasteiger partial charge in [-0.3, -0.25) is 0 Å². The zero-order chi connectivity index (χ0) is 15.4. The van der Waals surface area contributed by atoms with Gasteiger partial charge in [0.05, 0.1) is 12.7 Å². The number of halogens is 2. The van der Waals surface area contributed by atoms with E-state index in [-0.39, 0.29) is 6.54 Å². The van der Waals surface area contributed by atoms with Crippen LogP contribution in [-0.4, -0.2) is 15.0 Å². The lowest BCUT2D eigenvalue weighted by molar-refractivity contribution is 0.574. The molecule has 1 N–H and O–H groups in total. The van der Waals surface area contributed by atoms with Crippen LogP contribution in [0, 0.1) is 11.6 Å². The molecule has 0 aliphatic heterocycles. The highest BCUT2D eigenvalue weighted by molar-refractivity contribution is 5.32. The van der Waals surface area contributed by atoms with Crippen molar-refractivity contribution in [1.82, 2.24) is 15.0 Å². The van der Waals surface area contributed by atoms with Gasteiger partial charge in [-0.15, -0.1) is 5.10 Å². The third-order valence-electron chi connectivity index (χ3n) is 3.20. The van der Waals surface area contributed by atoms with Crippen molar-refractivity contribution < 1.29 is 8.78 Å². The first-order valence-corrected chi connectivity index (χ1v) is 6.82. The molecule has 3 aromatic rings. The molecule has 112 valence electrons. The molecule has 3 rings (SSSR count). The lowest BCUT2D eigenvalue weighted by Crippen LogP contribution is -2.02. The van der Waals surface area contributed by atoms with Crippen LogP contribution in [0.4, 0.5) is 14.6 Å². The minimum absolute atomic E-state index is 0.218. The summed E-state index contributed by atoms with van der Waals surface area (Å²) in [7, 11) is 0. The summed E-state index contributed by atoms with van der Waals surface area (Å²) in [5.74, 6) is -0.626. The van der Waals surface area contributed by atoms with E-state index < -0.39 is 11.6 Å². The summed E-state index contributed by atoms with van der Waals surface area (Å²) in [6.45, 7) is 0.830. The van der Waals surface area contributed by atoms with Gasteiger partial charge in [-0.2, -0.15) is 0 Å². The average Bonchev–Trinajstić information content (AvgIpc) is 2.95. The third-order valence-corrected chi connectivity index (χ3v) is 3.20. The molecule has 2 aromatic carbocycles. The van der Waals surface area contributed by atoms with Gasteiger partial charge < -0.3 is 5.32 Å². The Morgan fingerprint density at radius 2 is 1.86 bits per heavy atom. The first kappa shape index (κ1) is 14.2. The molecule has 0 saturated heterocycles. The van der Waals surface area contributed by atoms with Crippen molar-refractivity contribution in [3.8, 4) is 0 Å².